The van der Waals surface area contributed by atoms with Gasteiger partial charge in [0.2, 0.25) is 5.91 Å². The van der Waals surface area contributed by atoms with Crippen LogP contribution in [0.25, 0.3) is 0 Å². The molecule has 0 unspecified atom stereocenters. The highest BCUT2D eigenvalue weighted by atomic mass is 16.5. The van der Waals surface area contributed by atoms with Crippen LogP contribution in [0.4, 0.5) is 0 Å². The number of ether oxygens (including phenoxy) is 1. The number of amides is 1. The van der Waals surface area contributed by atoms with Crippen LogP contribution in [0.15, 0.2) is 42.5 Å². The van der Waals surface area contributed by atoms with E-state index in [9.17, 15) is 9.59 Å². The van der Waals surface area contributed by atoms with Gasteiger partial charge in [0.15, 0.2) is 0 Å². The second-order valence-electron chi connectivity index (χ2n) is 4.94. The first-order valence-electron chi connectivity index (χ1n) is 6.78. The van der Waals surface area contributed by atoms with Crippen molar-refractivity contribution in [2.45, 2.75) is 31.8 Å². The van der Waals surface area contributed by atoms with Gasteiger partial charge in [-0.1, -0.05) is 36.9 Å². The maximum absolute atomic E-state index is 12.0. The molecule has 1 aromatic carbocycles. The molecule has 0 aliphatic rings. The number of rotatable bonds is 7. The number of aryl methyl sites for hydroxylation is 1. The molecular weight excluding hydrogens is 268 g/mol. The normalized spacial score (nSPS) is 13.1. The number of nitrogens with one attached hydrogen (secondary N) is 1. The summed E-state index contributed by atoms with van der Waals surface area (Å²) < 4.78 is 4.63. The summed E-state index contributed by atoms with van der Waals surface area (Å²) in [6.45, 7) is 5.32. The Morgan fingerprint density at radius 3 is 2.48 bits per heavy atom. The fourth-order valence-electron chi connectivity index (χ4n) is 1.85. The molecule has 1 amide bonds. The minimum atomic E-state index is -0.856. The Morgan fingerprint density at radius 2 is 1.95 bits per heavy atom. The summed E-state index contributed by atoms with van der Waals surface area (Å²) in [6, 6.07) is 8.24. The van der Waals surface area contributed by atoms with Gasteiger partial charge in [-0.2, -0.15) is 0 Å². The van der Waals surface area contributed by atoms with Crippen molar-refractivity contribution in [3.8, 4) is 0 Å². The molecule has 0 aromatic heterocycles. The van der Waals surface area contributed by atoms with Gasteiger partial charge in [0, 0.05) is 0 Å². The molecule has 1 rings (SSSR count). The highest BCUT2D eigenvalue weighted by molar-refractivity contribution is 5.89. The van der Waals surface area contributed by atoms with Gasteiger partial charge in [0.25, 0.3) is 0 Å². The molecule has 0 aliphatic heterocycles. The Bertz CT molecular complexity index is 500. The number of hydrogen-bond donors (Lipinski definition) is 2. The highest BCUT2D eigenvalue weighted by Crippen LogP contribution is 2.06. The molecule has 0 radical (unpaired) electrons. The lowest BCUT2D eigenvalue weighted by Gasteiger charge is -2.19. The lowest BCUT2D eigenvalue weighted by atomic mass is 10.0. The average molecular weight is 290 g/mol. The second-order valence-corrected chi connectivity index (χ2v) is 4.94. The lowest BCUT2D eigenvalue weighted by molar-refractivity contribution is -0.144. The summed E-state index contributed by atoms with van der Waals surface area (Å²) in [4.78, 5) is 23.6. The topological polar surface area (TPSA) is 81.4 Å². The molecule has 3 N–H and O–H groups in total. The molecule has 0 aliphatic carbocycles. The zero-order valence-electron chi connectivity index (χ0n) is 12.5. The molecular formula is C16H22N2O3. The summed E-state index contributed by atoms with van der Waals surface area (Å²) in [7, 11) is 1.26. The number of methoxy groups -OCH3 is 1. The van der Waals surface area contributed by atoms with Crippen LogP contribution in [-0.4, -0.2) is 31.1 Å². The average Bonchev–Trinajstić information content (AvgIpc) is 2.49. The van der Waals surface area contributed by atoms with Crippen LogP contribution in [0.3, 0.4) is 0 Å². The second kappa shape index (κ2) is 8.21. The zero-order chi connectivity index (χ0) is 15.8. The summed E-state index contributed by atoms with van der Waals surface area (Å²) in [5, 5.41) is 2.57. The predicted octanol–water partition coefficient (Wildman–Crippen LogP) is 1.18. The van der Waals surface area contributed by atoms with E-state index >= 15 is 0 Å². The van der Waals surface area contributed by atoms with Crippen molar-refractivity contribution in [3.63, 3.8) is 0 Å². The minimum Gasteiger partial charge on any atom is -0.467 e. The van der Waals surface area contributed by atoms with E-state index in [2.05, 4.69) is 16.6 Å². The summed E-state index contributed by atoms with van der Waals surface area (Å²) in [6.07, 6.45) is 1.20. The van der Waals surface area contributed by atoms with Crippen molar-refractivity contribution in [1.29, 1.82) is 0 Å². The maximum Gasteiger partial charge on any atom is 0.332 e. The van der Waals surface area contributed by atoms with Crippen molar-refractivity contribution in [2.24, 2.45) is 5.73 Å². The predicted molar refractivity (Wildman–Crippen MR) is 81.5 cm³/mol. The number of benzene rings is 1. The van der Waals surface area contributed by atoms with Crippen LogP contribution >= 0.6 is 0 Å². The Hall–Kier alpha value is -2.14. The van der Waals surface area contributed by atoms with E-state index in [1.165, 1.54) is 7.11 Å². The van der Waals surface area contributed by atoms with E-state index in [1.807, 2.05) is 30.3 Å². The van der Waals surface area contributed by atoms with E-state index in [1.54, 1.807) is 6.92 Å². The van der Waals surface area contributed by atoms with Gasteiger partial charge < -0.3 is 15.8 Å². The van der Waals surface area contributed by atoms with Crippen molar-refractivity contribution < 1.29 is 14.3 Å². The summed E-state index contributed by atoms with van der Waals surface area (Å²) >= 11 is 0. The Morgan fingerprint density at radius 1 is 1.33 bits per heavy atom. The molecule has 5 nitrogen and oxygen atoms in total. The monoisotopic (exact) mass is 290 g/mol. The minimum absolute atomic E-state index is 0.385. The molecule has 1 aromatic rings. The molecule has 0 saturated carbocycles. The number of carbonyl (C=O) groups is 2. The Balaban J connectivity index is 2.53. The fourth-order valence-corrected chi connectivity index (χ4v) is 1.85. The Labute approximate surface area is 125 Å². The maximum atomic E-state index is 12.0. The first-order chi connectivity index (χ1) is 9.95. The SMILES string of the molecule is C=C(C)[C@@H](NC(=O)[C@@H](N)CCc1ccccc1)C(=O)OC. The standard InChI is InChI=1S/C16H22N2O3/c1-11(2)14(16(20)21-3)18-15(19)13(17)10-9-12-7-5-4-6-8-12/h4-8,13-14H,1,9-10,17H2,2-3H3,(H,18,19)/t13-,14+/m0/s1. The van der Waals surface area contributed by atoms with Crippen LogP contribution in [0, 0.1) is 0 Å². The van der Waals surface area contributed by atoms with Crippen LogP contribution in [0.2, 0.25) is 0 Å². The van der Waals surface area contributed by atoms with Crippen LogP contribution in [0.5, 0.6) is 0 Å². The molecule has 0 spiro atoms. The third-order valence-electron chi connectivity index (χ3n) is 3.14. The molecule has 0 fully saturated rings. The Kier molecular flexibility index (Phi) is 6.62. The quantitative estimate of drug-likeness (QED) is 0.583. The summed E-state index contributed by atoms with van der Waals surface area (Å²) in [5.74, 6) is -0.935. The van der Waals surface area contributed by atoms with E-state index in [0.717, 1.165) is 5.56 Å². The number of carbonyl (C=O) groups excluding carboxylic acids is 2. The van der Waals surface area contributed by atoms with Gasteiger partial charge in [-0.3, -0.25) is 4.79 Å². The van der Waals surface area contributed by atoms with Gasteiger partial charge in [-0.05, 0) is 30.9 Å². The lowest BCUT2D eigenvalue weighted by Crippen LogP contribution is -2.49. The molecule has 0 bridgehead atoms. The van der Waals surface area contributed by atoms with Gasteiger partial charge >= 0.3 is 5.97 Å². The van der Waals surface area contributed by atoms with Gasteiger partial charge in [-0.15, -0.1) is 0 Å². The summed E-state index contributed by atoms with van der Waals surface area (Å²) in [5.41, 5.74) is 7.48. The number of esters is 1. The smallest absolute Gasteiger partial charge is 0.332 e. The number of nitrogens with two attached hydrogens (primary N) is 1. The van der Waals surface area contributed by atoms with E-state index in [0.29, 0.717) is 18.4 Å². The van der Waals surface area contributed by atoms with Crippen molar-refractivity contribution in [2.75, 3.05) is 7.11 Å². The highest BCUT2D eigenvalue weighted by Gasteiger charge is 2.24. The molecule has 5 heteroatoms. The molecule has 21 heavy (non-hydrogen) atoms. The third-order valence-corrected chi connectivity index (χ3v) is 3.14. The molecule has 0 saturated heterocycles. The van der Waals surface area contributed by atoms with Crippen molar-refractivity contribution in [1.82, 2.24) is 5.32 Å². The molecule has 0 heterocycles. The first kappa shape index (κ1) is 16.9. The van der Waals surface area contributed by atoms with E-state index in [-0.39, 0.29) is 5.91 Å². The van der Waals surface area contributed by atoms with Crippen LogP contribution in [0.1, 0.15) is 18.9 Å². The molecule has 114 valence electrons. The number of hydrogen-bond acceptors (Lipinski definition) is 4. The van der Waals surface area contributed by atoms with Gasteiger partial charge in [0.1, 0.15) is 6.04 Å². The third kappa shape index (κ3) is 5.39. The zero-order valence-corrected chi connectivity index (χ0v) is 12.5. The van der Waals surface area contributed by atoms with Crippen LogP contribution in [-0.2, 0) is 20.7 Å². The molecule has 2 atom stereocenters. The van der Waals surface area contributed by atoms with Gasteiger partial charge in [0.05, 0.1) is 13.2 Å². The largest absolute Gasteiger partial charge is 0.467 e. The van der Waals surface area contributed by atoms with E-state index in [4.69, 9.17) is 5.73 Å². The fraction of sp³-hybridized carbons (Fsp3) is 0.375. The van der Waals surface area contributed by atoms with Gasteiger partial charge in [-0.25, -0.2) is 4.79 Å². The first-order valence-corrected chi connectivity index (χ1v) is 6.78. The van der Waals surface area contributed by atoms with Crippen LogP contribution < -0.4 is 11.1 Å². The van der Waals surface area contributed by atoms with Crippen molar-refractivity contribution >= 4 is 11.9 Å². The van der Waals surface area contributed by atoms with Crippen molar-refractivity contribution in [3.05, 3.63) is 48.0 Å². The van der Waals surface area contributed by atoms with E-state index < -0.39 is 18.1 Å².